The summed E-state index contributed by atoms with van der Waals surface area (Å²) in [6.45, 7) is 0. The van der Waals surface area contributed by atoms with E-state index in [1.807, 2.05) is 0 Å². The topological polar surface area (TPSA) is 0 Å². The maximum absolute atomic E-state index is 3.59. The van der Waals surface area contributed by atoms with Crippen molar-refractivity contribution in [2.24, 2.45) is 0 Å². The Kier molecular flexibility index (Phi) is 5.63. The van der Waals surface area contributed by atoms with Crippen LogP contribution in [0.2, 0.25) is 0 Å². The lowest BCUT2D eigenvalue weighted by atomic mass is 9.93. The van der Waals surface area contributed by atoms with Gasteiger partial charge in [-0.3, -0.25) is 0 Å². The maximum atomic E-state index is 3.59. The van der Waals surface area contributed by atoms with Gasteiger partial charge in [-0.2, -0.15) is 0 Å². The van der Waals surface area contributed by atoms with Crippen LogP contribution in [0.4, 0.5) is 0 Å². The maximum Gasteiger partial charge on any atom is 0.0181 e. The van der Waals surface area contributed by atoms with Gasteiger partial charge in [-0.05, 0) is 88.0 Å². The first kappa shape index (κ1) is 18.7. The normalized spacial score (nSPS) is 10.8. The van der Waals surface area contributed by atoms with Crippen LogP contribution in [0.15, 0.2) is 104 Å². The minimum atomic E-state index is 1.08. The van der Waals surface area contributed by atoms with E-state index in [1.54, 1.807) is 0 Å². The van der Waals surface area contributed by atoms with Crippen LogP contribution < -0.4 is 0 Å². The molecule has 132 valence electrons. The standard InChI is InChI=1S/C24H15Br3/c25-22-9-7-16(8-10-22)19-11-20(17-3-1-5-23(26)14-17)13-21(12-19)18-4-2-6-24(27)15-18/h1-15H. The van der Waals surface area contributed by atoms with Crippen molar-refractivity contribution in [3.63, 3.8) is 0 Å². The summed E-state index contributed by atoms with van der Waals surface area (Å²) in [5.41, 5.74) is 7.19. The first-order valence-electron chi connectivity index (χ1n) is 8.51. The number of hydrogen-bond donors (Lipinski definition) is 0. The third-order valence-corrected chi connectivity index (χ3v) is 5.94. The number of halogens is 3. The van der Waals surface area contributed by atoms with E-state index < -0.39 is 0 Å². The van der Waals surface area contributed by atoms with Gasteiger partial charge in [0.05, 0.1) is 0 Å². The first-order valence-corrected chi connectivity index (χ1v) is 10.9. The molecular weight excluding hydrogens is 528 g/mol. The third-order valence-electron chi connectivity index (χ3n) is 4.43. The fourth-order valence-electron chi connectivity index (χ4n) is 3.11. The quantitative estimate of drug-likeness (QED) is 0.242. The van der Waals surface area contributed by atoms with Crippen molar-refractivity contribution in [3.05, 3.63) is 104 Å². The van der Waals surface area contributed by atoms with Gasteiger partial charge >= 0.3 is 0 Å². The molecule has 27 heavy (non-hydrogen) atoms. The molecule has 0 amide bonds. The highest BCUT2D eigenvalue weighted by molar-refractivity contribution is 9.11. The molecule has 0 nitrogen and oxygen atoms in total. The minimum absolute atomic E-state index is 1.08. The fraction of sp³-hybridized carbons (Fsp3) is 0. The molecule has 4 rings (SSSR count). The lowest BCUT2D eigenvalue weighted by Gasteiger charge is -2.12. The van der Waals surface area contributed by atoms with Crippen molar-refractivity contribution in [1.29, 1.82) is 0 Å². The zero-order valence-electron chi connectivity index (χ0n) is 14.3. The molecule has 0 N–H and O–H groups in total. The Balaban J connectivity index is 1.92. The summed E-state index contributed by atoms with van der Waals surface area (Å²) in [5, 5.41) is 0. The molecule has 0 saturated heterocycles. The second-order valence-electron chi connectivity index (χ2n) is 6.33. The number of rotatable bonds is 3. The van der Waals surface area contributed by atoms with Gasteiger partial charge in [0, 0.05) is 13.4 Å². The Morgan fingerprint density at radius 2 is 0.778 bits per heavy atom. The molecule has 0 radical (unpaired) electrons. The van der Waals surface area contributed by atoms with E-state index in [9.17, 15) is 0 Å². The first-order chi connectivity index (χ1) is 13.1. The van der Waals surface area contributed by atoms with Crippen LogP contribution in [0.5, 0.6) is 0 Å². The molecule has 4 aromatic rings. The summed E-state index contributed by atoms with van der Waals surface area (Å²) < 4.78 is 3.25. The summed E-state index contributed by atoms with van der Waals surface area (Å²) >= 11 is 10.7. The van der Waals surface area contributed by atoms with Gasteiger partial charge in [0.25, 0.3) is 0 Å². The van der Waals surface area contributed by atoms with E-state index in [-0.39, 0.29) is 0 Å². The molecule has 0 fully saturated rings. The van der Waals surface area contributed by atoms with Crippen molar-refractivity contribution >= 4 is 47.8 Å². The predicted octanol–water partition coefficient (Wildman–Crippen LogP) is 8.98. The van der Waals surface area contributed by atoms with Crippen molar-refractivity contribution < 1.29 is 0 Å². The molecule has 3 heteroatoms. The molecule has 0 heterocycles. The molecule has 0 unspecified atom stereocenters. The van der Waals surface area contributed by atoms with Gasteiger partial charge in [0.1, 0.15) is 0 Å². The highest BCUT2D eigenvalue weighted by Crippen LogP contribution is 2.34. The van der Waals surface area contributed by atoms with Crippen molar-refractivity contribution in [2.45, 2.75) is 0 Å². The van der Waals surface area contributed by atoms with E-state index in [0.717, 1.165) is 13.4 Å². The monoisotopic (exact) mass is 540 g/mol. The van der Waals surface area contributed by atoms with Crippen LogP contribution in [-0.2, 0) is 0 Å². The van der Waals surface area contributed by atoms with Crippen LogP contribution >= 0.6 is 47.8 Å². The van der Waals surface area contributed by atoms with E-state index in [4.69, 9.17) is 0 Å². The van der Waals surface area contributed by atoms with Crippen LogP contribution in [0.3, 0.4) is 0 Å². The van der Waals surface area contributed by atoms with E-state index in [1.165, 1.54) is 33.4 Å². The van der Waals surface area contributed by atoms with Crippen LogP contribution in [0.1, 0.15) is 0 Å². The Hall–Kier alpha value is -1.68. The molecule has 0 atom stereocenters. The van der Waals surface area contributed by atoms with Gasteiger partial charge in [-0.15, -0.1) is 0 Å². The van der Waals surface area contributed by atoms with Crippen molar-refractivity contribution in [3.8, 4) is 33.4 Å². The average Bonchev–Trinajstić information content (AvgIpc) is 2.68. The number of hydrogen-bond acceptors (Lipinski definition) is 0. The smallest absolute Gasteiger partial charge is 0.0181 e. The lowest BCUT2D eigenvalue weighted by Crippen LogP contribution is -1.86. The summed E-state index contributed by atoms with van der Waals surface area (Å²) in [4.78, 5) is 0. The van der Waals surface area contributed by atoms with Gasteiger partial charge in [-0.1, -0.05) is 84.2 Å². The zero-order valence-corrected chi connectivity index (χ0v) is 19.1. The highest BCUT2D eigenvalue weighted by atomic mass is 79.9. The Morgan fingerprint density at radius 3 is 1.22 bits per heavy atom. The van der Waals surface area contributed by atoms with Crippen molar-refractivity contribution in [2.75, 3.05) is 0 Å². The zero-order chi connectivity index (χ0) is 18.8. The minimum Gasteiger partial charge on any atom is -0.0605 e. The van der Waals surface area contributed by atoms with Gasteiger partial charge in [0.2, 0.25) is 0 Å². The van der Waals surface area contributed by atoms with E-state index in [2.05, 4.69) is 139 Å². The summed E-state index contributed by atoms with van der Waals surface area (Å²) in [6.07, 6.45) is 0. The molecular formula is C24H15Br3. The lowest BCUT2D eigenvalue weighted by molar-refractivity contribution is 1.54. The molecule has 0 spiro atoms. The molecule has 4 aromatic carbocycles. The summed E-state index contributed by atoms with van der Waals surface area (Å²) in [7, 11) is 0. The average molecular weight is 543 g/mol. The summed E-state index contributed by atoms with van der Waals surface area (Å²) in [6, 6.07) is 32.1. The van der Waals surface area contributed by atoms with Crippen LogP contribution in [-0.4, -0.2) is 0 Å². The fourth-order valence-corrected chi connectivity index (χ4v) is 4.17. The highest BCUT2D eigenvalue weighted by Gasteiger charge is 2.08. The number of benzene rings is 4. The molecule has 0 aromatic heterocycles. The Labute approximate surface area is 184 Å². The summed E-state index contributed by atoms with van der Waals surface area (Å²) in [5.74, 6) is 0. The van der Waals surface area contributed by atoms with Gasteiger partial charge in [-0.25, -0.2) is 0 Å². The van der Waals surface area contributed by atoms with E-state index >= 15 is 0 Å². The molecule has 0 aliphatic heterocycles. The predicted molar refractivity (Wildman–Crippen MR) is 126 cm³/mol. The second kappa shape index (κ2) is 8.14. The van der Waals surface area contributed by atoms with Gasteiger partial charge in [0.15, 0.2) is 0 Å². The van der Waals surface area contributed by atoms with Crippen LogP contribution in [0.25, 0.3) is 33.4 Å². The third kappa shape index (κ3) is 4.43. The van der Waals surface area contributed by atoms with E-state index in [0.29, 0.717) is 0 Å². The molecule has 0 bridgehead atoms. The second-order valence-corrected chi connectivity index (χ2v) is 9.07. The SMILES string of the molecule is Brc1ccc(-c2cc(-c3cccc(Br)c3)cc(-c3cccc(Br)c3)c2)cc1. The van der Waals surface area contributed by atoms with Crippen molar-refractivity contribution in [1.82, 2.24) is 0 Å². The molecule has 0 aliphatic rings. The van der Waals surface area contributed by atoms with Crippen LogP contribution in [0, 0.1) is 0 Å². The molecule has 0 aliphatic carbocycles. The Morgan fingerprint density at radius 1 is 0.333 bits per heavy atom. The largest absolute Gasteiger partial charge is 0.0605 e. The molecule has 0 saturated carbocycles. The van der Waals surface area contributed by atoms with Gasteiger partial charge < -0.3 is 0 Å². The Bertz CT molecular complexity index is 1030.